The molecule has 1 saturated heterocycles. The van der Waals surface area contributed by atoms with Crippen molar-refractivity contribution >= 4 is 27.9 Å². The van der Waals surface area contributed by atoms with Crippen LogP contribution in [-0.2, 0) is 4.74 Å². The van der Waals surface area contributed by atoms with Crippen molar-refractivity contribution in [3.8, 4) is 23.4 Å². The number of aryl methyl sites for hydroxylation is 1. The maximum atomic E-state index is 15.3. The number of carbonyl (C=O) groups excluding carboxylic acids is 1. The van der Waals surface area contributed by atoms with E-state index >= 15 is 4.39 Å². The summed E-state index contributed by atoms with van der Waals surface area (Å²) in [6.07, 6.45) is -0.292. The summed E-state index contributed by atoms with van der Waals surface area (Å²) in [7, 11) is 1.56. The fourth-order valence-electron chi connectivity index (χ4n) is 4.55. The van der Waals surface area contributed by atoms with Crippen LogP contribution in [0.3, 0.4) is 0 Å². The molecule has 0 atom stereocenters. The summed E-state index contributed by atoms with van der Waals surface area (Å²) < 4.78 is 38.1. The number of carbonyl (C=O) groups is 1. The minimum Gasteiger partial charge on any atom is -0.497 e. The smallest absolute Gasteiger partial charge is 0.410 e. The summed E-state index contributed by atoms with van der Waals surface area (Å²) in [6.45, 7) is 11.0. The molecule has 0 unspecified atom stereocenters. The van der Waals surface area contributed by atoms with E-state index in [-0.39, 0.29) is 23.7 Å². The topological polar surface area (TPSA) is 102 Å². The van der Waals surface area contributed by atoms with Crippen molar-refractivity contribution in [3.05, 3.63) is 47.9 Å². The van der Waals surface area contributed by atoms with Gasteiger partial charge in [-0.3, -0.25) is 4.90 Å². The highest BCUT2D eigenvalue weighted by atomic mass is 19.1. The van der Waals surface area contributed by atoms with E-state index in [0.29, 0.717) is 66.9 Å². The lowest BCUT2D eigenvalue weighted by Gasteiger charge is -2.35. The molecule has 40 heavy (non-hydrogen) atoms. The van der Waals surface area contributed by atoms with Gasteiger partial charge in [-0.2, -0.15) is 9.97 Å². The van der Waals surface area contributed by atoms with Crippen LogP contribution in [0.1, 0.15) is 26.5 Å². The number of amides is 1. The van der Waals surface area contributed by atoms with Gasteiger partial charge in [0, 0.05) is 49.3 Å². The second-order valence-electron chi connectivity index (χ2n) is 10.7. The molecule has 0 spiro atoms. The quantitative estimate of drug-likeness (QED) is 0.331. The highest BCUT2D eigenvalue weighted by molar-refractivity contribution is 5.86. The van der Waals surface area contributed by atoms with Gasteiger partial charge in [-0.05, 0) is 64.1 Å². The Hall–Kier alpha value is -4.12. The molecule has 2 aromatic heterocycles. The number of nitrogens with one attached hydrogen (secondary N) is 1. The lowest BCUT2D eigenvalue weighted by Crippen LogP contribution is -2.50. The van der Waals surface area contributed by atoms with Gasteiger partial charge in [-0.15, -0.1) is 0 Å². The average Bonchev–Trinajstić information content (AvgIpc) is 3.30. The molecule has 3 heterocycles. The summed E-state index contributed by atoms with van der Waals surface area (Å²) in [6, 6.07) is 10.5. The van der Waals surface area contributed by atoms with E-state index in [4.69, 9.17) is 18.9 Å². The van der Waals surface area contributed by atoms with Gasteiger partial charge in [0.1, 0.15) is 18.0 Å². The summed E-state index contributed by atoms with van der Waals surface area (Å²) in [5, 5.41) is 1.00. The van der Waals surface area contributed by atoms with Crippen LogP contribution in [0.25, 0.3) is 21.8 Å². The van der Waals surface area contributed by atoms with Crippen molar-refractivity contribution < 1.29 is 28.1 Å². The first-order valence-corrected chi connectivity index (χ1v) is 13.2. The van der Waals surface area contributed by atoms with Crippen molar-refractivity contribution in [3.63, 3.8) is 0 Å². The van der Waals surface area contributed by atoms with E-state index in [9.17, 15) is 4.79 Å². The molecule has 2 aromatic carbocycles. The molecule has 5 rings (SSSR count). The van der Waals surface area contributed by atoms with E-state index in [1.807, 2.05) is 27.7 Å². The van der Waals surface area contributed by atoms with E-state index in [2.05, 4.69) is 19.9 Å². The summed E-state index contributed by atoms with van der Waals surface area (Å²) in [5.41, 5.74) is 1.60. The van der Waals surface area contributed by atoms with Crippen molar-refractivity contribution in [2.45, 2.75) is 33.3 Å². The number of ether oxygens (including phenoxy) is 4. The zero-order valence-electron chi connectivity index (χ0n) is 23.4. The molecule has 1 N–H and O–H groups in total. The molecule has 1 fully saturated rings. The van der Waals surface area contributed by atoms with Crippen LogP contribution in [0.4, 0.5) is 9.18 Å². The first-order valence-electron chi connectivity index (χ1n) is 13.2. The number of methoxy groups -OCH3 is 1. The van der Waals surface area contributed by atoms with Gasteiger partial charge in [0.15, 0.2) is 11.6 Å². The zero-order valence-corrected chi connectivity index (χ0v) is 23.4. The first-order chi connectivity index (χ1) is 19.1. The third kappa shape index (κ3) is 6.20. The SMILES string of the molecule is COc1ccc2nc(OCCN3CCN(C(=O)OC(C)(C)C)CC3)nc(Oc3ccc4[nH]c(C)cc4c3F)c2c1. The average molecular weight is 552 g/mol. The zero-order chi connectivity index (χ0) is 28.4. The minimum atomic E-state index is -0.519. The van der Waals surface area contributed by atoms with Gasteiger partial charge < -0.3 is 28.8 Å². The number of rotatable bonds is 7. The molecule has 11 heteroatoms. The fourth-order valence-corrected chi connectivity index (χ4v) is 4.55. The van der Waals surface area contributed by atoms with E-state index in [0.717, 1.165) is 5.69 Å². The third-order valence-corrected chi connectivity index (χ3v) is 6.55. The number of hydrogen-bond donors (Lipinski definition) is 1. The lowest BCUT2D eigenvalue weighted by atomic mass is 10.2. The summed E-state index contributed by atoms with van der Waals surface area (Å²) >= 11 is 0. The van der Waals surface area contributed by atoms with E-state index in [1.165, 1.54) is 0 Å². The van der Waals surface area contributed by atoms with E-state index < -0.39 is 11.4 Å². The van der Waals surface area contributed by atoms with Crippen LogP contribution >= 0.6 is 0 Å². The molecule has 1 aliphatic rings. The Balaban J connectivity index is 1.28. The van der Waals surface area contributed by atoms with Gasteiger partial charge in [0.25, 0.3) is 0 Å². The summed E-state index contributed by atoms with van der Waals surface area (Å²) in [5.74, 6) is 0.320. The highest BCUT2D eigenvalue weighted by Crippen LogP contribution is 2.35. The third-order valence-electron chi connectivity index (χ3n) is 6.55. The second kappa shape index (κ2) is 11.2. The molecular formula is C29H34FN5O5. The summed E-state index contributed by atoms with van der Waals surface area (Å²) in [4.78, 5) is 28.4. The van der Waals surface area contributed by atoms with Crippen LogP contribution in [0, 0.1) is 12.7 Å². The first kappa shape index (κ1) is 27.4. The number of H-pyrrole nitrogens is 1. The Bertz CT molecular complexity index is 1530. The van der Waals surface area contributed by atoms with Crippen molar-refractivity contribution in [1.29, 1.82) is 0 Å². The molecule has 0 aliphatic carbocycles. The van der Waals surface area contributed by atoms with Gasteiger partial charge in [-0.1, -0.05) is 0 Å². The van der Waals surface area contributed by atoms with Crippen molar-refractivity contribution in [2.24, 2.45) is 0 Å². The second-order valence-corrected chi connectivity index (χ2v) is 10.7. The number of hydrogen-bond acceptors (Lipinski definition) is 8. The number of piperazine rings is 1. The Labute approximate surface area is 232 Å². The predicted molar refractivity (Wildman–Crippen MR) is 149 cm³/mol. The molecule has 4 aromatic rings. The normalized spacial score (nSPS) is 14.5. The number of aromatic amines is 1. The number of nitrogens with zero attached hydrogens (tertiary/aromatic N) is 4. The Morgan fingerprint density at radius 1 is 1.05 bits per heavy atom. The minimum absolute atomic E-state index is 0.0446. The molecule has 1 aliphatic heterocycles. The maximum Gasteiger partial charge on any atom is 0.410 e. The Morgan fingerprint density at radius 2 is 1.82 bits per heavy atom. The molecule has 1 amide bonds. The Morgan fingerprint density at radius 3 is 2.55 bits per heavy atom. The number of aromatic nitrogens is 3. The molecular weight excluding hydrogens is 517 g/mol. The van der Waals surface area contributed by atoms with Gasteiger partial charge in [0.2, 0.25) is 5.88 Å². The molecule has 0 bridgehead atoms. The monoisotopic (exact) mass is 551 g/mol. The lowest BCUT2D eigenvalue weighted by molar-refractivity contribution is 0.0136. The molecule has 10 nitrogen and oxygen atoms in total. The maximum absolute atomic E-state index is 15.3. The molecule has 212 valence electrons. The predicted octanol–water partition coefficient (Wildman–Crippen LogP) is 5.29. The van der Waals surface area contributed by atoms with Crippen LogP contribution in [0.15, 0.2) is 36.4 Å². The molecule has 0 radical (unpaired) electrons. The van der Waals surface area contributed by atoms with Crippen LogP contribution in [0.5, 0.6) is 23.4 Å². The standard InChI is InChI=1S/C29H34FN5O5/c1-18-16-20-22(31-18)8-9-24(25(20)30)39-26-21-17-19(37-5)6-7-23(21)32-27(33-26)38-15-14-34-10-12-35(13-11-34)28(36)40-29(2,3)4/h6-9,16-17,31H,10-15H2,1-5H3. The Kier molecular flexibility index (Phi) is 7.66. The van der Waals surface area contributed by atoms with Gasteiger partial charge in [0.05, 0.1) is 18.0 Å². The van der Waals surface area contributed by atoms with Gasteiger partial charge >= 0.3 is 12.1 Å². The fraction of sp³-hybridized carbons (Fsp3) is 0.414. The number of benzene rings is 2. The van der Waals surface area contributed by atoms with Crippen molar-refractivity contribution in [2.75, 3.05) is 46.4 Å². The van der Waals surface area contributed by atoms with Gasteiger partial charge in [-0.25, -0.2) is 9.18 Å². The highest BCUT2D eigenvalue weighted by Gasteiger charge is 2.26. The van der Waals surface area contributed by atoms with Crippen LogP contribution < -0.4 is 14.2 Å². The number of fused-ring (bicyclic) bond motifs is 2. The van der Waals surface area contributed by atoms with Crippen LogP contribution in [-0.4, -0.2) is 82.9 Å². The van der Waals surface area contributed by atoms with Crippen molar-refractivity contribution in [1.82, 2.24) is 24.8 Å². The van der Waals surface area contributed by atoms with Crippen LogP contribution in [0.2, 0.25) is 0 Å². The number of halogens is 1. The largest absolute Gasteiger partial charge is 0.497 e. The van der Waals surface area contributed by atoms with E-state index in [1.54, 1.807) is 48.4 Å². The molecule has 0 saturated carbocycles.